The second-order valence-electron chi connectivity index (χ2n) is 4.17. The first-order valence-electron chi connectivity index (χ1n) is 5.19. The van der Waals surface area contributed by atoms with Crippen molar-refractivity contribution in [3.8, 4) is 0 Å². The van der Waals surface area contributed by atoms with Gasteiger partial charge in [-0.05, 0) is 19.8 Å². The molecule has 1 aliphatic carbocycles. The molecule has 1 amide bonds. The van der Waals surface area contributed by atoms with Crippen LogP contribution in [0.5, 0.6) is 0 Å². The van der Waals surface area contributed by atoms with Crippen LogP contribution in [0.15, 0.2) is 0 Å². The molecule has 82 valence electrons. The zero-order valence-electron chi connectivity index (χ0n) is 9.05. The Morgan fingerprint density at radius 1 is 1.57 bits per heavy atom. The molecule has 1 saturated carbocycles. The Hall–Kier alpha value is -0.610. The lowest BCUT2D eigenvalue weighted by atomic mass is 10.1. The van der Waals surface area contributed by atoms with Gasteiger partial charge >= 0.3 is 0 Å². The molecule has 4 heteroatoms. The number of nitrogens with one attached hydrogen (secondary N) is 1. The number of rotatable bonds is 6. The van der Waals surface area contributed by atoms with Gasteiger partial charge in [0.25, 0.3) is 0 Å². The van der Waals surface area contributed by atoms with E-state index < -0.39 is 0 Å². The van der Waals surface area contributed by atoms with E-state index >= 15 is 0 Å². The Morgan fingerprint density at radius 2 is 2.21 bits per heavy atom. The zero-order valence-corrected chi connectivity index (χ0v) is 9.05. The summed E-state index contributed by atoms with van der Waals surface area (Å²) in [6, 6.07) is 0. The number of aliphatic hydroxyl groups is 1. The van der Waals surface area contributed by atoms with Crippen molar-refractivity contribution in [2.24, 2.45) is 5.41 Å². The minimum Gasteiger partial charge on any atom is -0.396 e. The molecule has 1 rings (SSSR count). The van der Waals surface area contributed by atoms with Crippen LogP contribution in [-0.2, 0) is 4.79 Å². The number of hydrogen-bond donors (Lipinski definition) is 2. The summed E-state index contributed by atoms with van der Waals surface area (Å²) in [7, 11) is 1.79. The Kier molecular flexibility index (Phi) is 3.89. The molecule has 14 heavy (non-hydrogen) atoms. The molecule has 0 spiro atoms. The van der Waals surface area contributed by atoms with Gasteiger partial charge in [0.05, 0.1) is 6.54 Å². The van der Waals surface area contributed by atoms with Gasteiger partial charge in [0.15, 0.2) is 0 Å². The summed E-state index contributed by atoms with van der Waals surface area (Å²) >= 11 is 0. The summed E-state index contributed by atoms with van der Waals surface area (Å²) in [4.78, 5) is 13.1. The lowest BCUT2D eigenvalue weighted by Gasteiger charge is -2.16. The monoisotopic (exact) mass is 200 g/mol. The molecule has 0 radical (unpaired) electrons. The molecule has 0 unspecified atom stereocenters. The van der Waals surface area contributed by atoms with Crippen molar-refractivity contribution in [1.82, 2.24) is 10.2 Å². The predicted molar refractivity (Wildman–Crippen MR) is 54.9 cm³/mol. The Labute approximate surface area is 85.3 Å². The molecule has 0 aromatic carbocycles. The summed E-state index contributed by atoms with van der Waals surface area (Å²) in [6.07, 6.45) is 2.16. The Morgan fingerprint density at radius 3 is 2.64 bits per heavy atom. The van der Waals surface area contributed by atoms with Crippen molar-refractivity contribution in [3.63, 3.8) is 0 Å². The molecule has 0 saturated heterocycles. The van der Waals surface area contributed by atoms with Crippen LogP contribution in [0.2, 0.25) is 0 Å². The topological polar surface area (TPSA) is 52.6 Å². The smallest absolute Gasteiger partial charge is 0.236 e. The van der Waals surface area contributed by atoms with Crippen LogP contribution in [-0.4, -0.2) is 49.2 Å². The van der Waals surface area contributed by atoms with Crippen molar-refractivity contribution >= 4 is 5.91 Å². The highest BCUT2D eigenvalue weighted by atomic mass is 16.3. The van der Waals surface area contributed by atoms with Crippen LogP contribution in [0.3, 0.4) is 0 Å². The number of nitrogens with zero attached hydrogens (tertiary/aromatic N) is 1. The molecular formula is C10H20N2O2. The summed E-state index contributed by atoms with van der Waals surface area (Å²) in [6.45, 7) is 4.07. The van der Waals surface area contributed by atoms with Crippen LogP contribution < -0.4 is 5.32 Å². The standard InChI is InChI=1S/C10H20N2O2/c1-3-12(2)9(14)6-11-7-10(8-13)4-5-10/h11,13H,3-8H2,1-2H3. The fourth-order valence-electron chi connectivity index (χ4n) is 1.31. The minimum atomic E-state index is 0.0884. The van der Waals surface area contributed by atoms with E-state index in [4.69, 9.17) is 5.11 Å². The largest absolute Gasteiger partial charge is 0.396 e. The van der Waals surface area contributed by atoms with Crippen molar-refractivity contribution in [1.29, 1.82) is 0 Å². The average Bonchev–Trinajstić information content (AvgIpc) is 2.97. The maximum absolute atomic E-state index is 11.4. The first kappa shape index (κ1) is 11.5. The third-order valence-corrected chi connectivity index (χ3v) is 2.97. The van der Waals surface area contributed by atoms with E-state index in [-0.39, 0.29) is 17.9 Å². The van der Waals surface area contributed by atoms with Crippen LogP contribution >= 0.6 is 0 Å². The number of carbonyl (C=O) groups excluding carboxylic acids is 1. The lowest BCUT2D eigenvalue weighted by Crippen LogP contribution is -2.38. The molecule has 0 heterocycles. The third kappa shape index (κ3) is 2.96. The van der Waals surface area contributed by atoms with E-state index in [1.807, 2.05) is 6.92 Å². The van der Waals surface area contributed by atoms with E-state index in [9.17, 15) is 4.79 Å². The number of carbonyl (C=O) groups is 1. The minimum absolute atomic E-state index is 0.0884. The first-order chi connectivity index (χ1) is 6.63. The highest BCUT2D eigenvalue weighted by Crippen LogP contribution is 2.44. The molecule has 2 N–H and O–H groups in total. The second-order valence-corrected chi connectivity index (χ2v) is 4.17. The first-order valence-corrected chi connectivity index (χ1v) is 5.19. The average molecular weight is 200 g/mol. The summed E-state index contributed by atoms with van der Waals surface area (Å²) in [5.74, 6) is 0.112. The van der Waals surface area contributed by atoms with Crippen molar-refractivity contribution in [3.05, 3.63) is 0 Å². The normalized spacial score (nSPS) is 17.9. The van der Waals surface area contributed by atoms with E-state index in [0.29, 0.717) is 6.54 Å². The van der Waals surface area contributed by atoms with Gasteiger partial charge < -0.3 is 15.3 Å². The molecule has 0 aromatic heterocycles. The fraction of sp³-hybridized carbons (Fsp3) is 0.900. The van der Waals surface area contributed by atoms with Gasteiger partial charge in [-0.15, -0.1) is 0 Å². The Balaban J connectivity index is 2.12. The summed E-state index contributed by atoms with van der Waals surface area (Å²) < 4.78 is 0. The maximum atomic E-state index is 11.4. The van der Waals surface area contributed by atoms with Gasteiger partial charge in [0.2, 0.25) is 5.91 Å². The van der Waals surface area contributed by atoms with Gasteiger partial charge in [0, 0.05) is 32.2 Å². The fourth-order valence-corrected chi connectivity index (χ4v) is 1.31. The molecule has 4 nitrogen and oxygen atoms in total. The molecule has 0 aromatic rings. The third-order valence-electron chi connectivity index (χ3n) is 2.97. The van der Waals surface area contributed by atoms with E-state index in [0.717, 1.165) is 25.9 Å². The van der Waals surface area contributed by atoms with Crippen molar-refractivity contribution in [2.75, 3.05) is 33.3 Å². The highest BCUT2D eigenvalue weighted by molar-refractivity contribution is 5.77. The maximum Gasteiger partial charge on any atom is 0.236 e. The lowest BCUT2D eigenvalue weighted by molar-refractivity contribution is -0.128. The quantitative estimate of drug-likeness (QED) is 0.626. The number of hydrogen-bond acceptors (Lipinski definition) is 3. The van der Waals surface area contributed by atoms with Gasteiger partial charge in [-0.2, -0.15) is 0 Å². The predicted octanol–water partition coefficient (Wildman–Crippen LogP) is -0.173. The van der Waals surface area contributed by atoms with E-state index in [2.05, 4.69) is 5.32 Å². The zero-order chi connectivity index (χ0) is 10.6. The SMILES string of the molecule is CCN(C)C(=O)CNCC1(CO)CC1. The van der Waals surface area contributed by atoms with Crippen LogP contribution in [0.25, 0.3) is 0 Å². The molecule has 1 fully saturated rings. The van der Waals surface area contributed by atoms with Crippen LogP contribution in [0.4, 0.5) is 0 Å². The van der Waals surface area contributed by atoms with Crippen molar-refractivity contribution in [2.45, 2.75) is 19.8 Å². The molecule has 0 aliphatic heterocycles. The van der Waals surface area contributed by atoms with Crippen LogP contribution in [0.1, 0.15) is 19.8 Å². The molecule has 1 aliphatic rings. The molecule has 0 atom stereocenters. The van der Waals surface area contributed by atoms with E-state index in [1.54, 1.807) is 11.9 Å². The molecule has 0 bridgehead atoms. The van der Waals surface area contributed by atoms with Gasteiger partial charge in [-0.3, -0.25) is 4.79 Å². The van der Waals surface area contributed by atoms with Crippen LogP contribution in [0, 0.1) is 5.41 Å². The number of aliphatic hydroxyl groups excluding tert-OH is 1. The molecular weight excluding hydrogens is 180 g/mol. The van der Waals surface area contributed by atoms with Crippen molar-refractivity contribution < 1.29 is 9.90 Å². The van der Waals surface area contributed by atoms with Gasteiger partial charge in [-0.25, -0.2) is 0 Å². The Bertz CT molecular complexity index is 202. The van der Waals surface area contributed by atoms with E-state index in [1.165, 1.54) is 0 Å². The van der Waals surface area contributed by atoms with Gasteiger partial charge in [0.1, 0.15) is 0 Å². The number of amides is 1. The number of likely N-dealkylation sites (N-methyl/N-ethyl adjacent to an activating group) is 1. The van der Waals surface area contributed by atoms with Gasteiger partial charge in [-0.1, -0.05) is 0 Å². The summed E-state index contributed by atoms with van der Waals surface area (Å²) in [5.41, 5.74) is 0.0884. The highest BCUT2D eigenvalue weighted by Gasteiger charge is 2.41. The summed E-state index contributed by atoms with van der Waals surface area (Å²) in [5, 5.41) is 12.1. The second kappa shape index (κ2) is 4.75.